The Hall–Kier alpha value is -0.640. The van der Waals surface area contributed by atoms with Gasteiger partial charge in [0, 0.05) is 57.2 Å². The zero-order chi connectivity index (χ0) is 16.8. The van der Waals surface area contributed by atoms with E-state index in [9.17, 15) is 0 Å². The molecule has 2 heterocycles. The average Bonchev–Trinajstić information content (AvgIpc) is 3.32. The Balaban J connectivity index is 0.00000225. The quantitative estimate of drug-likeness (QED) is 0.283. The normalized spacial score (nSPS) is 18.2. The molecule has 0 spiro atoms. The van der Waals surface area contributed by atoms with Crippen LogP contribution in [0.4, 0.5) is 5.13 Å². The fraction of sp³-hybridized carbons (Fsp3) is 0.824. The van der Waals surface area contributed by atoms with E-state index >= 15 is 0 Å². The summed E-state index contributed by atoms with van der Waals surface area (Å²) in [7, 11) is 0. The van der Waals surface area contributed by atoms with E-state index in [1.807, 2.05) is 0 Å². The summed E-state index contributed by atoms with van der Waals surface area (Å²) in [5.74, 6) is 3.05. The Morgan fingerprint density at radius 1 is 1.24 bits per heavy atom. The highest BCUT2D eigenvalue weighted by atomic mass is 127. The van der Waals surface area contributed by atoms with Crippen molar-refractivity contribution in [2.75, 3.05) is 44.2 Å². The minimum Gasteiger partial charge on any atom is -0.357 e. The van der Waals surface area contributed by atoms with Crippen molar-refractivity contribution >= 4 is 46.6 Å². The summed E-state index contributed by atoms with van der Waals surface area (Å²) in [5, 5.41) is 4.52. The van der Waals surface area contributed by atoms with Gasteiger partial charge in [-0.15, -0.1) is 24.0 Å². The van der Waals surface area contributed by atoms with Crippen molar-refractivity contribution < 1.29 is 0 Å². The lowest BCUT2D eigenvalue weighted by molar-refractivity contribution is 0.372. The van der Waals surface area contributed by atoms with Gasteiger partial charge < -0.3 is 15.1 Å². The molecule has 2 aliphatic rings. The smallest absolute Gasteiger partial charge is 0.205 e. The topological polar surface area (TPSA) is 56.7 Å². The predicted molar refractivity (Wildman–Crippen MR) is 116 cm³/mol. The number of nitrogens with zero attached hydrogens (tertiary/aromatic N) is 5. The third-order valence-corrected chi connectivity index (χ3v) is 5.50. The molecule has 1 N–H and O–H groups in total. The molecule has 1 saturated heterocycles. The molecule has 3 rings (SSSR count). The van der Waals surface area contributed by atoms with Crippen molar-refractivity contribution in [3.8, 4) is 0 Å². The van der Waals surface area contributed by atoms with Crippen LogP contribution in [0.2, 0.25) is 0 Å². The van der Waals surface area contributed by atoms with Gasteiger partial charge in [0.2, 0.25) is 5.13 Å². The van der Waals surface area contributed by atoms with Gasteiger partial charge in [-0.25, -0.2) is 4.98 Å². The molecule has 0 amide bonds. The SMILES string of the molecule is CCNC(=NCCCC1CC1)N1CCN(c2nc(CC)ns2)CC1.I. The number of halogens is 1. The molecule has 0 radical (unpaired) electrons. The average molecular weight is 478 g/mol. The van der Waals surface area contributed by atoms with Gasteiger partial charge in [-0.05, 0) is 25.7 Å². The van der Waals surface area contributed by atoms with Crippen LogP contribution in [0.25, 0.3) is 0 Å². The van der Waals surface area contributed by atoms with Crippen molar-refractivity contribution in [2.24, 2.45) is 10.9 Å². The number of aromatic nitrogens is 2. The van der Waals surface area contributed by atoms with Gasteiger partial charge in [-0.2, -0.15) is 4.37 Å². The lowest BCUT2D eigenvalue weighted by Crippen LogP contribution is -2.52. The van der Waals surface area contributed by atoms with E-state index in [0.717, 1.165) is 68.5 Å². The second-order valence-electron chi connectivity index (χ2n) is 6.64. The van der Waals surface area contributed by atoms with Crippen molar-refractivity contribution in [1.82, 2.24) is 19.6 Å². The largest absolute Gasteiger partial charge is 0.357 e. The molecular weight excluding hydrogens is 447 g/mol. The second kappa shape index (κ2) is 10.5. The molecular formula is C17H31IN6S. The molecule has 1 saturated carbocycles. The predicted octanol–water partition coefficient (Wildman–Crippen LogP) is 3.00. The van der Waals surface area contributed by atoms with Gasteiger partial charge in [-0.3, -0.25) is 4.99 Å². The maximum absolute atomic E-state index is 4.84. The van der Waals surface area contributed by atoms with E-state index < -0.39 is 0 Å². The van der Waals surface area contributed by atoms with Gasteiger partial charge in [0.15, 0.2) is 5.96 Å². The van der Waals surface area contributed by atoms with Crippen LogP contribution in [0, 0.1) is 5.92 Å². The molecule has 1 aliphatic carbocycles. The van der Waals surface area contributed by atoms with Crippen molar-refractivity contribution in [2.45, 2.75) is 46.0 Å². The molecule has 2 fully saturated rings. The summed E-state index contributed by atoms with van der Waals surface area (Å²) in [5.41, 5.74) is 0. The van der Waals surface area contributed by atoms with Gasteiger partial charge in [-0.1, -0.05) is 19.8 Å². The summed E-state index contributed by atoms with van der Waals surface area (Å²) in [4.78, 5) is 14.2. The minimum absolute atomic E-state index is 0. The first-order valence-corrected chi connectivity index (χ1v) is 10.2. The van der Waals surface area contributed by atoms with Gasteiger partial charge >= 0.3 is 0 Å². The van der Waals surface area contributed by atoms with Gasteiger partial charge in [0.1, 0.15) is 5.82 Å². The molecule has 142 valence electrons. The summed E-state index contributed by atoms with van der Waals surface area (Å²) in [6.07, 6.45) is 6.38. The number of piperazine rings is 1. The van der Waals surface area contributed by atoms with E-state index in [-0.39, 0.29) is 24.0 Å². The number of aryl methyl sites for hydroxylation is 1. The fourth-order valence-corrected chi connectivity index (χ4v) is 3.82. The summed E-state index contributed by atoms with van der Waals surface area (Å²) in [6.45, 7) is 10.1. The van der Waals surface area contributed by atoms with Crippen LogP contribution in [0.15, 0.2) is 4.99 Å². The van der Waals surface area contributed by atoms with Gasteiger partial charge in [0.25, 0.3) is 0 Å². The van der Waals surface area contributed by atoms with Crippen LogP contribution in [0.1, 0.15) is 45.4 Å². The van der Waals surface area contributed by atoms with Crippen LogP contribution in [-0.4, -0.2) is 59.5 Å². The first kappa shape index (κ1) is 20.7. The third kappa shape index (κ3) is 6.23. The van der Waals surface area contributed by atoms with Crippen molar-refractivity contribution in [3.63, 3.8) is 0 Å². The molecule has 8 heteroatoms. The van der Waals surface area contributed by atoms with E-state index in [1.165, 1.54) is 37.2 Å². The lowest BCUT2D eigenvalue weighted by atomic mass is 10.2. The summed E-state index contributed by atoms with van der Waals surface area (Å²) < 4.78 is 4.40. The van der Waals surface area contributed by atoms with Crippen LogP contribution >= 0.6 is 35.5 Å². The Labute approximate surface area is 172 Å². The maximum Gasteiger partial charge on any atom is 0.205 e. The van der Waals surface area contributed by atoms with Gasteiger partial charge in [0.05, 0.1) is 0 Å². The number of anilines is 1. The molecule has 0 aromatic carbocycles. The highest BCUT2D eigenvalue weighted by molar-refractivity contribution is 14.0. The zero-order valence-corrected chi connectivity index (χ0v) is 18.6. The Bertz CT molecular complexity index is 537. The number of aliphatic imine (C=N–C) groups is 1. The second-order valence-corrected chi connectivity index (χ2v) is 7.37. The Morgan fingerprint density at radius 2 is 2.00 bits per heavy atom. The molecule has 0 unspecified atom stereocenters. The standard InChI is InChI=1S/C17H30N6S.HI/c1-3-15-20-17(24-21-15)23-12-10-22(11-13-23)16(18-4-2)19-9-5-6-14-7-8-14;/h14H,3-13H2,1-2H3,(H,18,19);1H. The zero-order valence-electron chi connectivity index (χ0n) is 15.4. The lowest BCUT2D eigenvalue weighted by Gasteiger charge is -2.36. The maximum atomic E-state index is 4.84. The molecule has 25 heavy (non-hydrogen) atoms. The summed E-state index contributed by atoms with van der Waals surface area (Å²) in [6, 6.07) is 0. The number of nitrogens with one attached hydrogen (secondary N) is 1. The first-order chi connectivity index (χ1) is 11.8. The molecule has 1 aromatic heterocycles. The number of guanidine groups is 1. The highest BCUT2D eigenvalue weighted by Crippen LogP contribution is 2.33. The molecule has 1 aromatic rings. The third-order valence-electron chi connectivity index (χ3n) is 4.69. The van der Waals surface area contributed by atoms with E-state index in [0.29, 0.717) is 0 Å². The van der Waals surface area contributed by atoms with Crippen LogP contribution in [0.5, 0.6) is 0 Å². The fourth-order valence-electron chi connectivity index (χ4n) is 3.02. The van der Waals surface area contributed by atoms with Crippen LogP contribution in [0.3, 0.4) is 0 Å². The first-order valence-electron chi connectivity index (χ1n) is 9.41. The molecule has 0 bridgehead atoms. The van der Waals surface area contributed by atoms with Crippen LogP contribution < -0.4 is 10.2 Å². The Morgan fingerprint density at radius 3 is 2.60 bits per heavy atom. The minimum atomic E-state index is 0. The van der Waals surface area contributed by atoms with E-state index in [4.69, 9.17) is 4.99 Å². The number of hydrogen-bond donors (Lipinski definition) is 1. The monoisotopic (exact) mass is 478 g/mol. The molecule has 6 nitrogen and oxygen atoms in total. The number of rotatable bonds is 7. The van der Waals surface area contributed by atoms with E-state index in [2.05, 4.69) is 38.3 Å². The Kier molecular flexibility index (Phi) is 8.68. The number of hydrogen-bond acceptors (Lipinski definition) is 5. The van der Waals surface area contributed by atoms with E-state index in [1.54, 1.807) is 0 Å². The van der Waals surface area contributed by atoms with Crippen LogP contribution in [-0.2, 0) is 6.42 Å². The summed E-state index contributed by atoms with van der Waals surface area (Å²) >= 11 is 1.53. The van der Waals surface area contributed by atoms with Crippen molar-refractivity contribution in [1.29, 1.82) is 0 Å². The highest BCUT2D eigenvalue weighted by Gasteiger charge is 2.22. The van der Waals surface area contributed by atoms with Crippen molar-refractivity contribution in [3.05, 3.63) is 5.82 Å². The molecule has 0 atom stereocenters. The molecule has 1 aliphatic heterocycles.